The smallest absolute Gasteiger partial charge is 0.166 e. The first-order chi connectivity index (χ1) is 12.9. The van der Waals surface area contributed by atoms with Crippen molar-refractivity contribution in [2.75, 3.05) is 6.61 Å². The van der Waals surface area contributed by atoms with E-state index in [9.17, 15) is 0 Å². The van der Waals surface area contributed by atoms with Crippen LogP contribution in [0.15, 0.2) is 72.9 Å². The number of aromatic nitrogens is 1. The molecule has 3 aromatic rings. The summed E-state index contributed by atoms with van der Waals surface area (Å²) >= 11 is 0. The molecule has 1 N–H and O–H groups in total. The highest BCUT2D eigenvalue weighted by Gasteiger charge is 2.11. The SMILES string of the molecule is CCOc1cccc(CNCc2ccccn2)c1OCc1ccccc1.[Cl-]. The maximum atomic E-state index is 6.13. The lowest BCUT2D eigenvalue weighted by Crippen LogP contribution is -3.00. The highest BCUT2D eigenvalue weighted by Crippen LogP contribution is 2.32. The van der Waals surface area contributed by atoms with Crippen molar-refractivity contribution in [2.24, 2.45) is 0 Å². The highest BCUT2D eigenvalue weighted by atomic mass is 35.5. The second-order valence-electron chi connectivity index (χ2n) is 5.88. The minimum absolute atomic E-state index is 0. The summed E-state index contributed by atoms with van der Waals surface area (Å²) in [6.45, 7) is 4.48. The summed E-state index contributed by atoms with van der Waals surface area (Å²) in [5.74, 6) is 1.58. The fourth-order valence-electron chi connectivity index (χ4n) is 2.69. The number of nitrogens with one attached hydrogen (secondary N) is 1. The van der Waals surface area contributed by atoms with Gasteiger partial charge in [-0.15, -0.1) is 0 Å². The molecule has 0 radical (unpaired) electrons. The fraction of sp³-hybridized carbons (Fsp3) is 0.227. The molecular formula is C22H24ClN2O2-. The zero-order valence-corrected chi connectivity index (χ0v) is 16.2. The molecule has 27 heavy (non-hydrogen) atoms. The van der Waals surface area contributed by atoms with E-state index in [1.54, 1.807) is 6.20 Å². The van der Waals surface area contributed by atoms with Gasteiger partial charge < -0.3 is 27.2 Å². The third kappa shape index (κ3) is 6.27. The number of benzene rings is 2. The monoisotopic (exact) mass is 383 g/mol. The van der Waals surface area contributed by atoms with Gasteiger partial charge in [-0.25, -0.2) is 0 Å². The van der Waals surface area contributed by atoms with Crippen molar-refractivity contribution in [3.63, 3.8) is 0 Å². The van der Waals surface area contributed by atoms with Crippen LogP contribution in [0.2, 0.25) is 0 Å². The van der Waals surface area contributed by atoms with E-state index in [1.165, 1.54) is 0 Å². The number of halogens is 1. The molecule has 0 atom stereocenters. The van der Waals surface area contributed by atoms with E-state index in [-0.39, 0.29) is 12.4 Å². The number of pyridine rings is 1. The molecule has 1 heterocycles. The molecule has 0 aliphatic carbocycles. The van der Waals surface area contributed by atoms with Gasteiger partial charge >= 0.3 is 0 Å². The van der Waals surface area contributed by atoms with Crippen molar-refractivity contribution in [1.82, 2.24) is 10.3 Å². The molecule has 4 nitrogen and oxygen atoms in total. The summed E-state index contributed by atoms with van der Waals surface area (Å²) in [6, 6.07) is 22.1. The maximum Gasteiger partial charge on any atom is 0.166 e. The number of rotatable bonds is 9. The van der Waals surface area contributed by atoms with Crippen LogP contribution in [-0.2, 0) is 19.7 Å². The van der Waals surface area contributed by atoms with Crippen molar-refractivity contribution < 1.29 is 21.9 Å². The molecular weight excluding hydrogens is 360 g/mol. The van der Waals surface area contributed by atoms with Gasteiger partial charge in [0, 0.05) is 24.8 Å². The van der Waals surface area contributed by atoms with E-state index in [2.05, 4.69) is 28.5 Å². The Balaban J connectivity index is 0.00000261. The Kier molecular flexibility index (Phi) is 8.62. The van der Waals surface area contributed by atoms with E-state index >= 15 is 0 Å². The van der Waals surface area contributed by atoms with Gasteiger partial charge in [0.25, 0.3) is 0 Å². The van der Waals surface area contributed by atoms with Gasteiger partial charge in [0.1, 0.15) is 6.61 Å². The number of hydrogen-bond acceptors (Lipinski definition) is 4. The molecule has 0 bridgehead atoms. The second kappa shape index (κ2) is 11.2. The molecule has 0 fully saturated rings. The van der Waals surface area contributed by atoms with Crippen LogP contribution in [0.4, 0.5) is 0 Å². The van der Waals surface area contributed by atoms with Crippen molar-refractivity contribution in [2.45, 2.75) is 26.6 Å². The molecule has 0 saturated carbocycles. The predicted octanol–water partition coefficient (Wildman–Crippen LogP) is 1.35. The summed E-state index contributed by atoms with van der Waals surface area (Å²) in [5.41, 5.74) is 3.22. The zero-order chi connectivity index (χ0) is 18.0. The van der Waals surface area contributed by atoms with Crippen LogP contribution in [0.3, 0.4) is 0 Å². The Morgan fingerprint density at radius 3 is 2.41 bits per heavy atom. The zero-order valence-electron chi connectivity index (χ0n) is 15.4. The normalized spacial score (nSPS) is 10.1. The maximum absolute atomic E-state index is 6.13. The van der Waals surface area contributed by atoms with Gasteiger partial charge in [-0.05, 0) is 30.7 Å². The van der Waals surface area contributed by atoms with Gasteiger partial charge in [0.05, 0.1) is 12.3 Å². The summed E-state index contributed by atoms with van der Waals surface area (Å²) in [5, 5.41) is 3.43. The molecule has 0 spiro atoms. The quantitative estimate of drug-likeness (QED) is 0.606. The molecule has 0 amide bonds. The van der Waals surface area contributed by atoms with Crippen LogP contribution in [-0.4, -0.2) is 11.6 Å². The van der Waals surface area contributed by atoms with E-state index in [1.807, 2.05) is 55.5 Å². The molecule has 0 unspecified atom stereocenters. The average Bonchev–Trinajstić information content (AvgIpc) is 2.69. The minimum Gasteiger partial charge on any atom is -1.00 e. The molecule has 0 aliphatic rings. The average molecular weight is 384 g/mol. The first-order valence-corrected chi connectivity index (χ1v) is 8.89. The van der Waals surface area contributed by atoms with Gasteiger partial charge in [-0.1, -0.05) is 48.5 Å². The van der Waals surface area contributed by atoms with E-state index in [0.717, 1.165) is 28.3 Å². The number of para-hydroxylation sites is 1. The van der Waals surface area contributed by atoms with Crippen LogP contribution >= 0.6 is 0 Å². The third-order valence-corrected chi connectivity index (χ3v) is 3.93. The first kappa shape index (κ1) is 20.7. The van der Waals surface area contributed by atoms with E-state index < -0.39 is 0 Å². The Morgan fingerprint density at radius 1 is 0.852 bits per heavy atom. The molecule has 0 saturated heterocycles. The van der Waals surface area contributed by atoms with Crippen LogP contribution in [0.5, 0.6) is 11.5 Å². The Bertz CT molecular complexity index is 798. The molecule has 2 aromatic carbocycles. The topological polar surface area (TPSA) is 43.4 Å². The van der Waals surface area contributed by atoms with Crippen LogP contribution in [0.1, 0.15) is 23.7 Å². The third-order valence-electron chi connectivity index (χ3n) is 3.93. The summed E-state index contributed by atoms with van der Waals surface area (Å²) < 4.78 is 11.9. The number of ether oxygens (including phenoxy) is 2. The number of nitrogens with zero attached hydrogens (tertiary/aromatic N) is 1. The second-order valence-corrected chi connectivity index (χ2v) is 5.88. The van der Waals surface area contributed by atoms with Gasteiger partial charge in [-0.2, -0.15) is 0 Å². The van der Waals surface area contributed by atoms with Crippen molar-refractivity contribution in [3.8, 4) is 11.5 Å². The number of hydrogen-bond donors (Lipinski definition) is 1. The molecule has 1 aromatic heterocycles. The van der Waals surface area contributed by atoms with Crippen LogP contribution in [0.25, 0.3) is 0 Å². The van der Waals surface area contributed by atoms with Crippen molar-refractivity contribution in [1.29, 1.82) is 0 Å². The van der Waals surface area contributed by atoms with E-state index in [0.29, 0.717) is 26.3 Å². The Morgan fingerprint density at radius 2 is 1.67 bits per heavy atom. The van der Waals surface area contributed by atoms with Gasteiger partial charge in [0.2, 0.25) is 0 Å². The highest BCUT2D eigenvalue weighted by molar-refractivity contribution is 5.46. The van der Waals surface area contributed by atoms with Crippen LogP contribution < -0.4 is 27.2 Å². The Hall–Kier alpha value is -2.56. The lowest BCUT2D eigenvalue weighted by atomic mass is 10.1. The minimum atomic E-state index is 0. The van der Waals surface area contributed by atoms with Gasteiger partial charge in [0.15, 0.2) is 11.5 Å². The van der Waals surface area contributed by atoms with Crippen LogP contribution in [0, 0.1) is 0 Å². The molecule has 0 aliphatic heterocycles. The Labute approximate surface area is 167 Å². The summed E-state index contributed by atoms with van der Waals surface area (Å²) in [4.78, 5) is 4.34. The predicted molar refractivity (Wildman–Crippen MR) is 103 cm³/mol. The summed E-state index contributed by atoms with van der Waals surface area (Å²) in [6.07, 6.45) is 1.81. The summed E-state index contributed by atoms with van der Waals surface area (Å²) in [7, 11) is 0. The standard InChI is InChI=1S/C22H24N2O2.ClH/c1-2-25-21-13-8-11-19(15-23-16-20-12-6-7-14-24-20)22(21)26-17-18-9-4-3-5-10-18;/h3-14,23H,2,15-17H2,1H3;1H/p-1. The van der Waals surface area contributed by atoms with Gasteiger partial charge in [-0.3, -0.25) is 4.98 Å². The fourth-order valence-corrected chi connectivity index (χ4v) is 2.69. The molecule has 3 rings (SSSR count). The van der Waals surface area contributed by atoms with E-state index in [4.69, 9.17) is 9.47 Å². The lowest BCUT2D eigenvalue weighted by Gasteiger charge is -2.16. The largest absolute Gasteiger partial charge is 1.00 e. The lowest BCUT2D eigenvalue weighted by molar-refractivity contribution is -0.00000611. The molecule has 5 heteroatoms. The van der Waals surface area contributed by atoms with Crippen molar-refractivity contribution in [3.05, 3.63) is 89.7 Å². The molecule has 142 valence electrons. The first-order valence-electron chi connectivity index (χ1n) is 8.89. The van der Waals surface area contributed by atoms with Crippen molar-refractivity contribution >= 4 is 0 Å².